The summed E-state index contributed by atoms with van der Waals surface area (Å²) in [6, 6.07) is 18.8. The lowest BCUT2D eigenvalue weighted by atomic mass is 10.1. The second-order valence-corrected chi connectivity index (χ2v) is 7.16. The van der Waals surface area contributed by atoms with E-state index in [0.717, 1.165) is 11.1 Å². The lowest BCUT2D eigenvalue weighted by Crippen LogP contribution is -1.99. The van der Waals surface area contributed by atoms with Gasteiger partial charge in [-0.25, -0.2) is 0 Å². The molecule has 0 heterocycles. The van der Waals surface area contributed by atoms with Crippen LogP contribution in [0.25, 0.3) is 6.08 Å². The Hall–Kier alpha value is -3.45. The Bertz CT molecular complexity index is 1080. The summed E-state index contributed by atoms with van der Waals surface area (Å²) in [6.07, 6.45) is 3.22. The number of nitrogens with zero attached hydrogens (tertiary/aromatic N) is 1. The minimum absolute atomic E-state index is 0.0266. The Morgan fingerprint density at radius 1 is 1.10 bits per heavy atom. The van der Waals surface area contributed by atoms with Gasteiger partial charge < -0.3 is 9.47 Å². The first-order valence-electron chi connectivity index (χ1n) is 8.99. The molecule has 0 aliphatic heterocycles. The van der Waals surface area contributed by atoms with Crippen molar-refractivity contribution in [1.82, 2.24) is 0 Å². The van der Waals surface area contributed by atoms with Crippen LogP contribution in [0.3, 0.4) is 0 Å². The molecule has 7 heteroatoms. The fraction of sp³-hybridized carbons (Fsp3) is 0.0870. The first-order chi connectivity index (χ1) is 14.5. The molecule has 0 radical (unpaired) electrons. The van der Waals surface area contributed by atoms with E-state index in [2.05, 4.69) is 15.9 Å². The molecule has 0 atom stereocenters. The lowest BCUT2D eigenvalue weighted by molar-refractivity contribution is -0.384. The number of hydrogen-bond acceptors (Lipinski definition) is 5. The van der Waals surface area contributed by atoms with E-state index in [4.69, 9.17) is 9.47 Å². The van der Waals surface area contributed by atoms with Crippen molar-refractivity contribution in [2.75, 3.05) is 7.11 Å². The SMILES string of the molecule is COc1cc(/C=C/C(=O)c2ccccc2)cc(Br)c1OCc1ccc([N+](=O)[O-])cc1. The summed E-state index contributed by atoms with van der Waals surface area (Å²) in [6.45, 7) is 0.217. The highest BCUT2D eigenvalue weighted by molar-refractivity contribution is 9.10. The molecule has 0 fully saturated rings. The van der Waals surface area contributed by atoms with Crippen LogP contribution >= 0.6 is 15.9 Å². The summed E-state index contributed by atoms with van der Waals surface area (Å²) in [7, 11) is 1.53. The molecule has 3 rings (SSSR count). The molecule has 0 unspecified atom stereocenters. The van der Waals surface area contributed by atoms with Gasteiger partial charge in [0.05, 0.1) is 16.5 Å². The quantitative estimate of drug-likeness (QED) is 0.180. The zero-order chi connectivity index (χ0) is 21.5. The number of hydrogen-bond donors (Lipinski definition) is 0. The van der Waals surface area contributed by atoms with Crippen LogP contribution in [0.15, 0.2) is 77.3 Å². The molecule has 6 nitrogen and oxygen atoms in total. The molecule has 3 aromatic carbocycles. The molecule has 3 aromatic rings. The van der Waals surface area contributed by atoms with Gasteiger partial charge in [-0.15, -0.1) is 0 Å². The molecule has 152 valence electrons. The van der Waals surface area contributed by atoms with Crippen molar-refractivity contribution >= 4 is 33.5 Å². The van der Waals surface area contributed by atoms with Crippen molar-refractivity contribution in [1.29, 1.82) is 0 Å². The van der Waals surface area contributed by atoms with Gasteiger partial charge in [-0.2, -0.15) is 0 Å². The summed E-state index contributed by atoms with van der Waals surface area (Å²) in [5, 5.41) is 10.8. The standard InChI is InChI=1S/C23H18BrNO5/c1-29-22-14-17(9-12-21(26)18-5-3-2-4-6-18)13-20(24)23(22)30-15-16-7-10-19(11-8-16)25(27)28/h2-14H,15H2,1H3/b12-9+. The van der Waals surface area contributed by atoms with E-state index in [1.807, 2.05) is 24.3 Å². The van der Waals surface area contributed by atoms with E-state index in [1.165, 1.54) is 25.3 Å². The largest absolute Gasteiger partial charge is 0.493 e. The second kappa shape index (κ2) is 9.84. The van der Waals surface area contributed by atoms with Crippen molar-refractivity contribution in [2.24, 2.45) is 0 Å². The van der Waals surface area contributed by atoms with Crippen LogP contribution in [0.1, 0.15) is 21.5 Å². The number of ether oxygens (including phenoxy) is 2. The Labute approximate surface area is 182 Å². The van der Waals surface area contributed by atoms with E-state index >= 15 is 0 Å². The number of non-ortho nitro benzene ring substituents is 1. The van der Waals surface area contributed by atoms with Crippen LogP contribution in [0.5, 0.6) is 11.5 Å². The number of allylic oxidation sites excluding steroid dienone is 1. The summed E-state index contributed by atoms with van der Waals surface area (Å²) < 4.78 is 12.0. The van der Waals surface area contributed by atoms with E-state index in [1.54, 1.807) is 36.4 Å². The van der Waals surface area contributed by atoms with Gasteiger partial charge in [0.25, 0.3) is 5.69 Å². The average Bonchev–Trinajstić information content (AvgIpc) is 2.77. The van der Waals surface area contributed by atoms with Crippen molar-refractivity contribution < 1.29 is 19.2 Å². The van der Waals surface area contributed by atoms with Gasteiger partial charge in [-0.3, -0.25) is 14.9 Å². The number of nitro benzene ring substituents is 1. The average molecular weight is 468 g/mol. The molecule has 0 aliphatic carbocycles. The van der Waals surface area contributed by atoms with Crippen LogP contribution in [0.2, 0.25) is 0 Å². The highest BCUT2D eigenvalue weighted by Gasteiger charge is 2.12. The Morgan fingerprint density at radius 3 is 2.43 bits per heavy atom. The first-order valence-corrected chi connectivity index (χ1v) is 9.78. The first kappa shape index (κ1) is 21.3. The topological polar surface area (TPSA) is 78.7 Å². The molecule has 0 N–H and O–H groups in total. The number of ketones is 1. The smallest absolute Gasteiger partial charge is 0.269 e. The zero-order valence-electron chi connectivity index (χ0n) is 16.1. The van der Waals surface area contributed by atoms with Crippen LogP contribution in [0.4, 0.5) is 5.69 Å². The number of carbonyl (C=O) groups excluding carboxylic acids is 1. The number of benzene rings is 3. The molecule has 0 aliphatic rings. The van der Waals surface area contributed by atoms with E-state index < -0.39 is 4.92 Å². The van der Waals surface area contributed by atoms with Crippen LogP contribution < -0.4 is 9.47 Å². The maximum absolute atomic E-state index is 12.3. The van der Waals surface area contributed by atoms with Crippen LogP contribution in [-0.2, 0) is 6.61 Å². The molecular weight excluding hydrogens is 450 g/mol. The summed E-state index contributed by atoms with van der Waals surface area (Å²) in [5.74, 6) is 0.907. The third-order valence-electron chi connectivity index (χ3n) is 4.27. The zero-order valence-corrected chi connectivity index (χ0v) is 17.7. The second-order valence-electron chi connectivity index (χ2n) is 6.31. The van der Waals surface area contributed by atoms with Gasteiger partial charge in [0.2, 0.25) is 0 Å². The molecule has 0 bridgehead atoms. The van der Waals surface area contributed by atoms with E-state index in [-0.39, 0.29) is 18.1 Å². The predicted octanol–water partition coefficient (Wildman–Crippen LogP) is 5.84. The number of nitro groups is 1. The lowest BCUT2D eigenvalue weighted by Gasteiger charge is -2.13. The van der Waals surface area contributed by atoms with Crippen molar-refractivity contribution in [2.45, 2.75) is 6.61 Å². The molecule has 0 saturated heterocycles. The van der Waals surface area contributed by atoms with Gasteiger partial charge in [0.15, 0.2) is 17.3 Å². The fourth-order valence-corrected chi connectivity index (χ4v) is 3.29. The van der Waals surface area contributed by atoms with Crippen molar-refractivity contribution in [3.8, 4) is 11.5 Å². The van der Waals surface area contributed by atoms with Crippen LogP contribution in [-0.4, -0.2) is 17.8 Å². The Balaban J connectivity index is 1.74. The maximum Gasteiger partial charge on any atom is 0.269 e. The number of methoxy groups -OCH3 is 1. The number of rotatable bonds is 8. The highest BCUT2D eigenvalue weighted by atomic mass is 79.9. The third kappa shape index (κ3) is 5.33. The van der Waals surface area contributed by atoms with Gasteiger partial charge in [0.1, 0.15) is 6.61 Å². The minimum Gasteiger partial charge on any atom is -0.493 e. The van der Waals surface area contributed by atoms with Gasteiger partial charge in [-0.1, -0.05) is 36.4 Å². The monoisotopic (exact) mass is 467 g/mol. The van der Waals surface area contributed by atoms with E-state index in [9.17, 15) is 14.9 Å². The maximum atomic E-state index is 12.3. The molecule has 0 saturated carbocycles. The Kier molecular flexibility index (Phi) is 6.98. The van der Waals surface area contributed by atoms with Gasteiger partial charge >= 0.3 is 0 Å². The van der Waals surface area contributed by atoms with Crippen LogP contribution in [0, 0.1) is 10.1 Å². The number of halogens is 1. The van der Waals surface area contributed by atoms with Gasteiger partial charge in [-0.05, 0) is 57.4 Å². The fourth-order valence-electron chi connectivity index (χ4n) is 2.72. The van der Waals surface area contributed by atoms with Crippen molar-refractivity contribution in [3.63, 3.8) is 0 Å². The minimum atomic E-state index is -0.445. The third-order valence-corrected chi connectivity index (χ3v) is 4.86. The molecular formula is C23H18BrNO5. The molecule has 0 aromatic heterocycles. The summed E-state index contributed by atoms with van der Waals surface area (Å²) >= 11 is 3.48. The number of carbonyl (C=O) groups is 1. The highest BCUT2D eigenvalue weighted by Crippen LogP contribution is 2.37. The van der Waals surface area contributed by atoms with Crippen molar-refractivity contribution in [3.05, 3.63) is 104 Å². The van der Waals surface area contributed by atoms with E-state index in [0.29, 0.717) is 21.5 Å². The Morgan fingerprint density at radius 2 is 1.80 bits per heavy atom. The summed E-state index contributed by atoms with van der Waals surface area (Å²) in [5.41, 5.74) is 2.19. The van der Waals surface area contributed by atoms with Gasteiger partial charge in [0, 0.05) is 17.7 Å². The summed E-state index contributed by atoms with van der Waals surface area (Å²) in [4.78, 5) is 22.6. The molecule has 0 amide bonds. The normalized spacial score (nSPS) is 10.7. The molecule has 30 heavy (non-hydrogen) atoms. The molecule has 0 spiro atoms. The predicted molar refractivity (Wildman–Crippen MR) is 118 cm³/mol.